The topological polar surface area (TPSA) is 186 Å². The summed E-state index contributed by atoms with van der Waals surface area (Å²) in [7, 11) is 6.14. The number of nitrogens with one attached hydrogen (secondary N) is 2. The zero-order chi connectivity index (χ0) is 38.4. The van der Waals surface area contributed by atoms with Crippen LogP contribution in [0.4, 0.5) is 4.79 Å². The molecule has 1 aliphatic heterocycles. The molecule has 1 aromatic rings. The lowest BCUT2D eigenvalue weighted by molar-refractivity contribution is -0.126. The minimum absolute atomic E-state index is 0.00897. The average molecular weight is 806 g/mol. The first-order valence-electron chi connectivity index (χ1n) is 16.8. The summed E-state index contributed by atoms with van der Waals surface area (Å²) in [6.07, 6.45) is -0.00912. The van der Waals surface area contributed by atoms with Gasteiger partial charge in [-0.05, 0) is 55.5 Å². The number of carbonyl (C=O) groups excluding carboxylic acids is 3. The van der Waals surface area contributed by atoms with E-state index >= 15 is 0 Å². The van der Waals surface area contributed by atoms with Crippen molar-refractivity contribution >= 4 is 68.4 Å². The molecule has 2 amide bonds. The van der Waals surface area contributed by atoms with Gasteiger partial charge in [-0.1, -0.05) is 65.1 Å². The van der Waals surface area contributed by atoms with Crippen LogP contribution in [0.3, 0.4) is 0 Å². The number of amides is 2. The zero-order valence-electron chi connectivity index (χ0n) is 30.6. The maximum Gasteiger partial charge on any atom is 0.511 e. The summed E-state index contributed by atoms with van der Waals surface area (Å²) in [5.41, 5.74) is 4.68. The molecule has 1 heterocycles. The predicted molar refractivity (Wildman–Crippen MR) is 210 cm³/mol. The van der Waals surface area contributed by atoms with Gasteiger partial charge in [0.2, 0.25) is 13.2 Å². The van der Waals surface area contributed by atoms with E-state index in [1.165, 1.54) is 21.6 Å². The van der Waals surface area contributed by atoms with Crippen molar-refractivity contribution in [3.8, 4) is 17.5 Å². The summed E-state index contributed by atoms with van der Waals surface area (Å²) in [4.78, 5) is 36.5. The van der Waals surface area contributed by atoms with Crippen LogP contribution in [0.1, 0.15) is 51.4 Å². The van der Waals surface area contributed by atoms with Crippen LogP contribution in [0.25, 0.3) is 0 Å². The quantitative estimate of drug-likeness (QED) is 0.0316. The molecule has 0 radical (unpaired) electrons. The minimum atomic E-state index is -0.933. The monoisotopic (exact) mass is 805 g/mol. The fraction of sp³-hybridized carbons (Fsp3) is 0.667. The minimum Gasteiger partial charge on any atom is -0.490 e. The SMILES string of the molecule is CSS[C@H](OC(=O)OC(C)C)O[C@@H]1C[C@H](BC#CCNC(=O)COCCOC(COc2cccc(C(=O)NCCN)c2)SSC(C)(C)C)OC1CO. The van der Waals surface area contributed by atoms with Gasteiger partial charge in [-0.15, -0.1) is 0 Å². The number of aliphatic hydroxyl groups excluding tert-OH is 1. The lowest BCUT2D eigenvalue weighted by Crippen LogP contribution is -2.32. The Hall–Kier alpha value is -1.99. The maximum absolute atomic E-state index is 12.3. The van der Waals surface area contributed by atoms with E-state index in [-0.39, 0.29) is 73.7 Å². The number of benzene rings is 1. The summed E-state index contributed by atoms with van der Waals surface area (Å²) in [6.45, 7) is 10.9. The molecule has 0 spiro atoms. The number of carbonyl (C=O) groups is 3. The molecular formula is C33H52BN3O11S4. The van der Waals surface area contributed by atoms with Crippen LogP contribution in [-0.2, 0) is 33.2 Å². The Kier molecular flexibility index (Phi) is 23.0. The van der Waals surface area contributed by atoms with E-state index in [0.717, 1.165) is 0 Å². The smallest absolute Gasteiger partial charge is 0.490 e. The third-order valence-electron chi connectivity index (χ3n) is 6.35. The van der Waals surface area contributed by atoms with Crippen LogP contribution >= 0.6 is 43.2 Å². The second-order valence-electron chi connectivity index (χ2n) is 12.3. The molecule has 5 atom stereocenters. The molecule has 0 aliphatic carbocycles. The highest BCUT2D eigenvalue weighted by atomic mass is 33.1. The van der Waals surface area contributed by atoms with Crippen LogP contribution < -0.4 is 21.1 Å². The van der Waals surface area contributed by atoms with Crippen molar-refractivity contribution in [2.24, 2.45) is 5.73 Å². The summed E-state index contributed by atoms with van der Waals surface area (Å²) >= 11 is 0. The third-order valence-corrected chi connectivity index (χ3v) is 11.5. The first kappa shape index (κ1) is 46.2. The Bertz CT molecular complexity index is 1290. The summed E-state index contributed by atoms with van der Waals surface area (Å²) < 4.78 is 39.5. The van der Waals surface area contributed by atoms with Gasteiger partial charge in [0, 0.05) is 29.4 Å². The highest BCUT2D eigenvalue weighted by molar-refractivity contribution is 8.77. The second kappa shape index (κ2) is 25.9. The molecule has 5 N–H and O–H groups in total. The third kappa shape index (κ3) is 20.5. The van der Waals surface area contributed by atoms with Crippen molar-refractivity contribution in [2.75, 3.05) is 58.9 Å². The fourth-order valence-corrected chi connectivity index (χ4v) is 7.53. The van der Waals surface area contributed by atoms with Gasteiger partial charge in [0.15, 0.2) is 0 Å². The highest BCUT2D eigenvalue weighted by Gasteiger charge is 2.38. The standard InChI is InChI=1S/C33H52BN3O11S4/c1-22(2)45-31(41)48-32(51-49-6)47-25-18-27(46-26(25)19-38)34-11-8-13-36-28(39)20-42-15-16-43-29(50-52-33(3,4)5)21-44-24-10-7-9-23(17-24)30(40)37-14-12-35/h7,9-10,17,22,25-27,29,32,34,38H,12-16,18-21,35H2,1-6H3,(H,36,39)(H,37,40)/t25-,26?,27-,29?,32+/m1/s1. The lowest BCUT2D eigenvalue weighted by atomic mass is 9.71. The fourth-order valence-electron chi connectivity index (χ4n) is 4.15. The Morgan fingerprint density at radius 1 is 1.15 bits per heavy atom. The van der Waals surface area contributed by atoms with E-state index in [1.54, 1.807) is 59.7 Å². The molecule has 0 saturated carbocycles. The summed E-state index contributed by atoms with van der Waals surface area (Å²) in [5, 5.41) is 15.2. The van der Waals surface area contributed by atoms with Gasteiger partial charge in [0.25, 0.3) is 11.5 Å². The van der Waals surface area contributed by atoms with Crippen molar-refractivity contribution < 1.29 is 52.6 Å². The molecule has 1 aromatic carbocycles. The molecule has 0 bridgehead atoms. The second-order valence-corrected chi connectivity index (χ2v) is 18.0. The van der Waals surface area contributed by atoms with E-state index in [2.05, 4.69) is 43.1 Å². The molecule has 14 nitrogen and oxygen atoms in total. The highest BCUT2D eigenvalue weighted by Crippen LogP contribution is 2.38. The Morgan fingerprint density at radius 2 is 1.94 bits per heavy atom. The molecule has 1 saturated heterocycles. The van der Waals surface area contributed by atoms with Crippen molar-refractivity contribution in [3.05, 3.63) is 29.8 Å². The number of nitrogens with two attached hydrogens (primary N) is 1. The molecule has 2 rings (SSSR count). The molecule has 292 valence electrons. The van der Waals surface area contributed by atoms with Crippen LogP contribution in [-0.4, -0.2) is 129 Å². The van der Waals surface area contributed by atoms with E-state index < -0.39 is 24.0 Å². The number of rotatable bonds is 23. The van der Waals surface area contributed by atoms with Gasteiger partial charge in [-0.2, -0.15) is 5.82 Å². The van der Waals surface area contributed by atoms with Gasteiger partial charge in [0.1, 0.15) is 30.5 Å². The average Bonchev–Trinajstić information content (AvgIpc) is 3.48. The number of hydrogen-bond donors (Lipinski definition) is 4. The van der Waals surface area contributed by atoms with Gasteiger partial charge in [-0.3, -0.25) is 9.59 Å². The molecule has 52 heavy (non-hydrogen) atoms. The van der Waals surface area contributed by atoms with Crippen molar-refractivity contribution in [3.63, 3.8) is 0 Å². The molecule has 1 fully saturated rings. The first-order chi connectivity index (χ1) is 24.8. The normalized spacial score (nSPS) is 18.1. The first-order valence-corrected chi connectivity index (χ1v) is 21.6. The van der Waals surface area contributed by atoms with E-state index in [1.807, 2.05) is 6.26 Å². The van der Waals surface area contributed by atoms with E-state index in [0.29, 0.717) is 38.1 Å². The molecule has 2 unspecified atom stereocenters. The molecular weight excluding hydrogens is 753 g/mol. The van der Waals surface area contributed by atoms with Crippen molar-refractivity contribution in [1.82, 2.24) is 10.6 Å². The molecule has 0 aromatic heterocycles. The number of hydrogen-bond acceptors (Lipinski definition) is 16. The van der Waals surface area contributed by atoms with E-state index in [4.69, 9.17) is 38.9 Å². The van der Waals surface area contributed by atoms with E-state index in [9.17, 15) is 19.5 Å². The zero-order valence-corrected chi connectivity index (χ0v) is 33.9. The van der Waals surface area contributed by atoms with Crippen molar-refractivity contribution in [2.45, 2.75) is 81.2 Å². The van der Waals surface area contributed by atoms with Crippen LogP contribution in [0, 0.1) is 11.7 Å². The van der Waals surface area contributed by atoms with Crippen LogP contribution in [0.15, 0.2) is 24.3 Å². The summed E-state index contributed by atoms with van der Waals surface area (Å²) in [6, 6.07) is 6.61. The van der Waals surface area contributed by atoms with Gasteiger partial charge < -0.3 is 54.6 Å². The lowest BCUT2D eigenvalue weighted by Gasteiger charge is -2.23. The summed E-state index contributed by atoms with van der Waals surface area (Å²) in [5.74, 6) is 5.89. The Morgan fingerprint density at radius 3 is 2.63 bits per heavy atom. The largest absolute Gasteiger partial charge is 0.511 e. The Labute approximate surface area is 323 Å². The van der Waals surface area contributed by atoms with Gasteiger partial charge in [0.05, 0.1) is 38.6 Å². The Balaban J connectivity index is 1.71. The van der Waals surface area contributed by atoms with Crippen LogP contribution in [0.5, 0.6) is 5.75 Å². The number of ether oxygens (including phenoxy) is 7. The van der Waals surface area contributed by atoms with Gasteiger partial charge >= 0.3 is 6.16 Å². The van der Waals surface area contributed by atoms with Crippen LogP contribution in [0.2, 0.25) is 0 Å². The molecule has 1 aliphatic rings. The van der Waals surface area contributed by atoms with Gasteiger partial charge in [-0.25, -0.2) is 4.79 Å². The predicted octanol–water partition coefficient (Wildman–Crippen LogP) is 3.16. The maximum atomic E-state index is 12.3. The van der Waals surface area contributed by atoms with Crippen molar-refractivity contribution in [1.29, 1.82) is 0 Å². The molecule has 19 heteroatoms. The number of aliphatic hydroxyl groups is 1.